The van der Waals surface area contributed by atoms with Gasteiger partial charge in [0.25, 0.3) is 0 Å². The average molecular weight is 403 g/mol. The molecule has 1 amide bonds. The number of anilines is 1. The van der Waals surface area contributed by atoms with Crippen molar-refractivity contribution >= 4 is 11.7 Å². The zero-order chi connectivity index (χ0) is 21.3. The summed E-state index contributed by atoms with van der Waals surface area (Å²) in [6.07, 6.45) is 0.622. The van der Waals surface area contributed by atoms with Gasteiger partial charge in [-0.25, -0.2) is 4.68 Å². The van der Waals surface area contributed by atoms with E-state index >= 15 is 0 Å². The molecule has 30 heavy (non-hydrogen) atoms. The summed E-state index contributed by atoms with van der Waals surface area (Å²) >= 11 is 0. The van der Waals surface area contributed by atoms with Gasteiger partial charge in [0.1, 0.15) is 23.6 Å². The Bertz CT molecular complexity index is 1010. The standard InChI is InChI=1S/C23H25N5O2/c1-17(30-16-18-9-4-2-5-10-18)23(29)26-14-8-13-21-20(15-24)22(25)28(27-21)19-11-6-3-7-12-19/h2-7,9-12,17H,8,13-14,16,25H2,1H3,(H,26,29). The Labute approximate surface area is 176 Å². The van der Waals surface area contributed by atoms with Gasteiger partial charge in [0, 0.05) is 6.54 Å². The molecule has 7 heteroatoms. The van der Waals surface area contributed by atoms with Crippen molar-refractivity contribution in [2.24, 2.45) is 0 Å². The Morgan fingerprint density at radius 1 is 1.20 bits per heavy atom. The minimum absolute atomic E-state index is 0.166. The second kappa shape index (κ2) is 10.2. The van der Waals surface area contributed by atoms with Gasteiger partial charge in [-0.3, -0.25) is 4.79 Å². The number of benzene rings is 2. The van der Waals surface area contributed by atoms with Crippen molar-refractivity contribution in [2.75, 3.05) is 12.3 Å². The number of rotatable bonds is 9. The number of nitrogen functional groups attached to an aromatic ring is 1. The van der Waals surface area contributed by atoms with Crippen LogP contribution in [-0.2, 0) is 22.6 Å². The predicted octanol–water partition coefficient (Wildman–Crippen LogP) is 2.98. The lowest BCUT2D eigenvalue weighted by molar-refractivity contribution is -0.132. The molecule has 0 aliphatic heterocycles. The Balaban J connectivity index is 1.49. The van der Waals surface area contributed by atoms with Crippen LogP contribution in [0.2, 0.25) is 0 Å². The molecule has 0 aliphatic carbocycles. The highest BCUT2D eigenvalue weighted by Gasteiger charge is 2.17. The maximum atomic E-state index is 12.2. The summed E-state index contributed by atoms with van der Waals surface area (Å²) in [5, 5.41) is 16.8. The number of amides is 1. The fourth-order valence-corrected chi connectivity index (χ4v) is 3.02. The van der Waals surface area contributed by atoms with Crippen LogP contribution in [0, 0.1) is 11.3 Å². The first-order valence-corrected chi connectivity index (χ1v) is 9.86. The Hall–Kier alpha value is -3.63. The minimum Gasteiger partial charge on any atom is -0.382 e. The van der Waals surface area contributed by atoms with Crippen LogP contribution in [0.25, 0.3) is 5.69 Å². The van der Waals surface area contributed by atoms with Gasteiger partial charge < -0.3 is 15.8 Å². The number of carbonyl (C=O) groups is 1. The summed E-state index contributed by atoms with van der Waals surface area (Å²) in [5.74, 6) is 0.159. The molecule has 0 saturated heterocycles. The first-order chi connectivity index (χ1) is 14.6. The first kappa shape index (κ1) is 21.1. The largest absolute Gasteiger partial charge is 0.382 e. The Morgan fingerprint density at radius 3 is 2.53 bits per heavy atom. The van der Waals surface area contributed by atoms with Gasteiger partial charge in [-0.2, -0.15) is 10.4 Å². The topological polar surface area (TPSA) is 106 Å². The van der Waals surface area contributed by atoms with Crippen LogP contribution >= 0.6 is 0 Å². The summed E-state index contributed by atoms with van der Waals surface area (Å²) in [7, 11) is 0. The molecule has 1 unspecified atom stereocenters. The third kappa shape index (κ3) is 5.25. The summed E-state index contributed by atoms with van der Waals surface area (Å²) in [5.41, 5.74) is 8.94. The Morgan fingerprint density at radius 2 is 1.87 bits per heavy atom. The van der Waals surface area contributed by atoms with E-state index in [2.05, 4.69) is 16.5 Å². The number of ether oxygens (including phenoxy) is 1. The minimum atomic E-state index is -0.548. The fourth-order valence-electron chi connectivity index (χ4n) is 3.02. The summed E-state index contributed by atoms with van der Waals surface area (Å²) in [4.78, 5) is 12.2. The summed E-state index contributed by atoms with van der Waals surface area (Å²) in [6.45, 7) is 2.58. The summed E-state index contributed by atoms with van der Waals surface area (Å²) < 4.78 is 7.20. The van der Waals surface area contributed by atoms with Crippen molar-refractivity contribution in [3.8, 4) is 11.8 Å². The first-order valence-electron chi connectivity index (χ1n) is 9.86. The van der Waals surface area contributed by atoms with Gasteiger partial charge >= 0.3 is 0 Å². The normalized spacial score (nSPS) is 11.6. The molecule has 0 saturated carbocycles. The molecular formula is C23H25N5O2. The second-order valence-corrected chi connectivity index (χ2v) is 6.90. The van der Waals surface area contributed by atoms with E-state index in [0.29, 0.717) is 43.1 Å². The van der Waals surface area contributed by atoms with Crippen molar-refractivity contribution in [2.45, 2.75) is 32.5 Å². The third-order valence-corrected chi connectivity index (χ3v) is 4.71. The molecule has 7 nitrogen and oxygen atoms in total. The number of para-hydroxylation sites is 1. The monoisotopic (exact) mass is 403 g/mol. The van der Waals surface area contributed by atoms with Crippen LogP contribution in [0.4, 0.5) is 5.82 Å². The van der Waals surface area contributed by atoms with Crippen molar-refractivity contribution in [3.63, 3.8) is 0 Å². The summed E-state index contributed by atoms with van der Waals surface area (Å²) in [6, 6.07) is 21.3. The molecule has 154 valence electrons. The number of nitrogens with zero attached hydrogens (tertiary/aromatic N) is 3. The SMILES string of the molecule is CC(OCc1ccccc1)C(=O)NCCCc1nn(-c2ccccc2)c(N)c1C#N. The molecule has 1 atom stereocenters. The highest BCUT2D eigenvalue weighted by atomic mass is 16.5. The molecule has 3 N–H and O–H groups in total. The van der Waals surface area contributed by atoms with Crippen LogP contribution in [0.15, 0.2) is 60.7 Å². The number of nitrogens with one attached hydrogen (secondary N) is 1. The van der Waals surface area contributed by atoms with Crippen LogP contribution in [0.5, 0.6) is 0 Å². The van der Waals surface area contributed by atoms with E-state index < -0.39 is 6.10 Å². The lowest BCUT2D eigenvalue weighted by Gasteiger charge is -2.13. The number of nitrogens with two attached hydrogens (primary N) is 1. The quantitative estimate of drug-likeness (QED) is 0.534. The van der Waals surface area contributed by atoms with Crippen molar-refractivity contribution in [1.29, 1.82) is 5.26 Å². The molecule has 1 aromatic heterocycles. The number of aromatic nitrogens is 2. The van der Waals surface area contributed by atoms with E-state index in [9.17, 15) is 10.1 Å². The van der Waals surface area contributed by atoms with Gasteiger partial charge in [-0.15, -0.1) is 0 Å². The van der Waals surface area contributed by atoms with Crippen LogP contribution in [-0.4, -0.2) is 28.3 Å². The second-order valence-electron chi connectivity index (χ2n) is 6.90. The van der Waals surface area contributed by atoms with E-state index in [1.807, 2.05) is 60.7 Å². The number of carbonyl (C=O) groups excluding carboxylic acids is 1. The van der Waals surface area contributed by atoms with E-state index in [1.54, 1.807) is 11.6 Å². The molecular weight excluding hydrogens is 378 g/mol. The van der Waals surface area contributed by atoms with Gasteiger partial charge in [-0.1, -0.05) is 48.5 Å². The van der Waals surface area contributed by atoms with E-state index in [0.717, 1.165) is 11.3 Å². The third-order valence-electron chi connectivity index (χ3n) is 4.71. The van der Waals surface area contributed by atoms with Crippen LogP contribution < -0.4 is 11.1 Å². The van der Waals surface area contributed by atoms with Gasteiger partial charge in [0.05, 0.1) is 18.0 Å². The molecule has 0 bridgehead atoms. The van der Waals surface area contributed by atoms with E-state index in [-0.39, 0.29) is 5.91 Å². The molecule has 0 spiro atoms. The molecule has 3 rings (SSSR count). The number of hydrogen-bond donors (Lipinski definition) is 2. The van der Waals surface area contributed by atoms with Crippen molar-refractivity contribution < 1.29 is 9.53 Å². The maximum Gasteiger partial charge on any atom is 0.248 e. The van der Waals surface area contributed by atoms with Crippen LogP contribution in [0.1, 0.15) is 30.2 Å². The lowest BCUT2D eigenvalue weighted by Crippen LogP contribution is -2.35. The maximum absolute atomic E-state index is 12.2. The number of nitriles is 1. The predicted molar refractivity (Wildman–Crippen MR) is 115 cm³/mol. The fraction of sp³-hybridized carbons (Fsp3) is 0.261. The highest BCUT2D eigenvalue weighted by molar-refractivity contribution is 5.80. The van der Waals surface area contributed by atoms with Gasteiger partial charge in [0.15, 0.2) is 0 Å². The van der Waals surface area contributed by atoms with Crippen LogP contribution in [0.3, 0.4) is 0 Å². The molecule has 0 radical (unpaired) electrons. The average Bonchev–Trinajstić information content (AvgIpc) is 3.11. The highest BCUT2D eigenvalue weighted by Crippen LogP contribution is 2.21. The zero-order valence-corrected chi connectivity index (χ0v) is 16.9. The lowest BCUT2D eigenvalue weighted by atomic mass is 10.1. The van der Waals surface area contributed by atoms with Crippen molar-refractivity contribution in [1.82, 2.24) is 15.1 Å². The van der Waals surface area contributed by atoms with E-state index in [1.165, 1.54) is 0 Å². The molecule has 0 aliphatic rings. The molecule has 2 aromatic carbocycles. The Kier molecular flexibility index (Phi) is 7.19. The number of hydrogen-bond acceptors (Lipinski definition) is 5. The molecule has 0 fully saturated rings. The molecule has 1 heterocycles. The van der Waals surface area contributed by atoms with Gasteiger partial charge in [0.2, 0.25) is 5.91 Å². The van der Waals surface area contributed by atoms with Gasteiger partial charge in [-0.05, 0) is 37.5 Å². The van der Waals surface area contributed by atoms with Crippen molar-refractivity contribution in [3.05, 3.63) is 77.5 Å². The molecule has 3 aromatic rings. The smallest absolute Gasteiger partial charge is 0.248 e. The van der Waals surface area contributed by atoms with E-state index in [4.69, 9.17) is 10.5 Å². The number of aryl methyl sites for hydroxylation is 1. The zero-order valence-electron chi connectivity index (χ0n) is 16.9.